The third-order valence-electron chi connectivity index (χ3n) is 6.02. The molecule has 178 valence electrons. The molecule has 1 aliphatic rings. The molecule has 0 N–H and O–H groups in total. The Morgan fingerprint density at radius 3 is 2.65 bits per heavy atom. The topological polar surface area (TPSA) is 93.7 Å². The lowest BCUT2D eigenvalue weighted by Gasteiger charge is -2.32. The first-order valence-corrected chi connectivity index (χ1v) is 12.8. The van der Waals surface area contributed by atoms with Crippen molar-refractivity contribution in [1.82, 2.24) is 14.4 Å². The second kappa shape index (κ2) is 10.4. The second-order valence-electron chi connectivity index (χ2n) is 8.82. The van der Waals surface area contributed by atoms with Gasteiger partial charge >= 0.3 is 0 Å². The van der Waals surface area contributed by atoms with Gasteiger partial charge in [-0.1, -0.05) is 35.5 Å². The minimum atomic E-state index is -3.57. The number of fused-ring (bicyclic) bond motifs is 1. The number of sulfonamides is 1. The zero-order valence-corrected chi connectivity index (χ0v) is 20.3. The molecule has 1 atom stereocenters. The van der Waals surface area contributed by atoms with Crippen molar-refractivity contribution in [3.8, 4) is 6.07 Å². The summed E-state index contributed by atoms with van der Waals surface area (Å²) in [6, 6.07) is 19.1. The Morgan fingerprint density at radius 1 is 1.18 bits per heavy atom. The first kappa shape index (κ1) is 24.0. The van der Waals surface area contributed by atoms with E-state index in [2.05, 4.69) is 16.1 Å². The van der Waals surface area contributed by atoms with Gasteiger partial charge in [0.15, 0.2) is 5.76 Å². The van der Waals surface area contributed by atoms with Crippen LogP contribution in [0, 0.1) is 11.3 Å². The largest absolute Gasteiger partial charge is 0.362 e. The van der Waals surface area contributed by atoms with Crippen LogP contribution >= 0.6 is 0 Å². The Morgan fingerprint density at radius 2 is 1.97 bits per heavy atom. The fourth-order valence-electron chi connectivity index (χ4n) is 4.29. The number of nitrogens with zero attached hydrogens (tertiary/aromatic N) is 5. The van der Waals surface area contributed by atoms with E-state index in [9.17, 15) is 13.7 Å². The Balaban J connectivity index is 1.77. The molecule has 0 saturated heterocycles. The fourth-order valence-corrected chi connectivity index (χ4v) is 6.05. The molecule has 0 unspecified atom stereocenters. The van der Waals surface area contributed by atoms with E-state index in [1.54, 1.807) is 22.6 Å². The van der Waals surface area contributed by atoms with Gasteiger partial charge in [0.1, 0.15) is 0 Å². The molecule has 0 spiro atoms. The number of nitriles is 1. The Labute approximate surface area is 201 Å². The Hall–Kier alpha value is -3.19. The molecule has 9 heteroatoms. The van der Waals surface area contributed by atoms with Gasteiger partial charge in [0.05, 0.1) is 30.1 Å². The van der Waals surface area contributed by atoms with Crippen molar-refractivity contribution in [2.24, 2.45) is 0 Å². The summed E-state index contributed by atoms with van der Waals surface area (Å²) < 4.78 is 34.2. The maximum Gasteiger partial charge on any atom is 0.215 e. The highest BCUT2D eigenvalue weighted by molar-refractivity contribution is 7.89. The lowest BCUT2D eigenvalue weighted by Crippen LogP contribution is -2.47. The predicted molar refractivity (Wildman–Crippen MR) is 131 cm³/mol. The van der Waals surface area contributed by atoms with Crippen molar-refractivity contribution in [2.45, 2.75) is 25.6 Å². The molecule has 1 aromatic heterocycles. The van der Waals surface area contributed by atoms with Crippen LogP contribution in [0.1, 0.15) is 22.5 Å². The Kier molecular flexibility index (Phi) is 7.32. The summed E-state index contributed by atoms with van der Waals surface area (Å²) in [5.74, 6) is 0.721. The van der Waals surface area contributed by atoms with Gasteiger partial charge in [0, 0.05) is 37.4 Å². The minimum Gasteiger partial charge on any atom is -0.362 e. The lowest BCUT2D eigenvalue weighted by atomic mass is 10.1. The minimum absolute atomic E-state index is 0.0284. The number of anilines is 1. The van der Waals surface area contributed by atoms with Gasteiger partial charge in [-0.25, -0.2) is 8.42 Å². The summed E-state index contributed by atoms with van der Waals surface area (Å²) in [4.78, 5) is 4.01. The molecule has 2 heterocycles. The number of aromatic nitrogens is 1. The molecule has 0 saturated carbocycles. The third kappa shape index (κ3) is 5.65. The van der Waals surface area contributed by atoms with E-state index in [0.717, 1.165) is 16.8 Å². The predicted octanol–water partition coefficient (Wildman–Crippen LogP) is 2.87. The second-order valence-corrected chi connectivity index (χ2v) is 10.9. The first-order valence-electron chi connectivity index (χ1n) is 11.2. The van der Waals surface area contributed by atoms with Crippen LogP contribution in [0.25, 0.3) is 0 Å². The average Bonchev–Trinajstić information content (AvgIpc) is 3.28. The van der Waals surface area contributed by atoms with Gasteiger partial charge < -0.3 is 14.3 Å². The molecular weight excluding hydrogens is 450 g/mol. The summed E-state index contributed by atoms with van der Waals surface area (Å²) in [6.07, 6.45) is 2.18. The molecule has 0 aliphatic carbocycles. The summed E-state index contributed by atoms with van der Waals surface area (Å²) in [6.45, 7) is 1.58. The average molecular weight is 480 g/mol. The van der Waals surface area contributed by atoms with Crippen LogP contribution in [-0.4, -0.2) is 61.8 Å². The monoisotopic (exact) mass is 479 g/mol. The van der Waals surface area contributed by atoms with Crippen LogP contribution in [-0.2, 0) is 29.5 Å². The normalized spacial score (nSPS) is 16.8. The van der Waals surface area contributed by atoms with Crippen LogP contribution < -0.4 is 4.90 Å². The zero-order chi connectivity index (χ0) is 24.1. The van der Waals surface area contributed by atoms with Crippen molar-refractivity contribution in [1.29, 1.82) is 5.26 Å². The van der Waals surface area contributed by atoms with Crippen LogP contribution in [0.3, 0.4) is 0 Å². The summed E-state index contributed by atoms with van der Waals surface area (Å²) in [5.41, 5.74) is 3.29. The molecule has 0 bridgehead atoms. The molecule has 0 radical (unpaired) electrons. The van der Waals surface area contributed by atoms with E-state index in [0.29, 0.717) is 37.4 Å². The van der Waals surface area contributed by atoms with Crippen LogP contribution in [0.2, 0.25) is 0 Å². The van der Waals surface area contributed by atoms with Gasteiger partial charge in [-0.3, -0.25) is 0 Å². The van der Waals surface area contributed by atoms with E-state index < -0.39 is 10.0 Å². The molecule has 0 fully saturated rings. The van der Waals surface area contributed by atoms with E-state index in [-0.39, 0.29) is 18.3 Å². The quantitative estimate of drug-likeness (QED) is 0.490. The molecule has 34 heavy (non-hydrogen) atoms. The molecule has 3 aromatic rings. The van der Waals surface area contributed by atoms with Gasteiger partial charge in [-0.15, -0.1) is 0 Å². The number of rotatable bonds is 8. The molecule has 4 rings (SSSR count). The fraction of sp³-hybridized carbons (Fsp3) is 0.360. The SMILES string of the molecule is CN(C)CCS(=O)(=O)N1Cc2cc(C#N)ccc2N(Cc2ccno2)C[C@H]1Cc1ccccc1. The third-order valence-corrected chi connectivity index (χ3v) is 7.86. The maximum atomic E-state index is 13.6. The van der Waals surface area contributed by atoms with Gasteiger partial charge in [0.2, 0.25) is 10.0 Å². The molecule has 2 aromatic carbocycles. The van der Waals surface area contributed by atoms with E-state index in [4.69, 9.17) is 4.52 Å². The highest BCUT2D eigenvalue weighted by atomic mass is 32.2. The number of hydrogen-bond donors (Lipinski definition) is 0. The standard InChI is InChI=1S/C25H29N5O3S/c1-28(2)12-13-34(31,32)30-17-22-14-21(16-26)8-9-25(22)29(19-24-10-11-27-33-24)18-23(30)15-20-6-4-3-5-7-20/h3-11,14,23H,12-13,15,17-19H2,1-2H3/t23-/m1/s1. The highest BCUT2D eigenvalue weighted by Crippen LogP contribution is 2.32. The van der Waals surface area contributed by atoms with E-state index in [1.165, 1.54) is 0 Å². The zero-order valence-electron chi connectivity index (χ0n) is 19.5. The number of hydrogen-bond acceptors (Lipinski definition) is 7. The van der Waals surface area contributed by atoms with Crippen LogP contribution in [0.4, 0.5) is 5.69 Å². The van der Waals surface area contributed by atoms with Crippen molar-refractivity contribution < 1.29 is 12.9 Å². The van der Waals surface area contributed by atoms with Gasteiger partial charge in [-0.05, 0) is 49.8 Å². The summed E-state index contributed by atoms with van der Waals surface area (Å²) in [7, 11) is 0.164. The van der Waals surface area contributed by atoms with Crippen molar-refractivity contribution in [2.75, 3.05) is 37.8 Å². The van der Waals surface area contributed by atoms with Gasteiger partial charge in [0.25, 0.3) is 0 Å². The number of benzene rings is 2. The lowest BCUT2D eigenvalue weighted by molar-refractivity contribution is 0.312. The highest BCUT2D eigenvalue weighted by Gasteiger charge is 2.35. The van der Waals surface area contributed by atoms with Gasteiger partial charge in [-0.2, -0.15) is 9.57 Å². The molecule has 8 nitrogen and oxygen atoms in total. The summed E-state index contributed by atoms with van der Waals surface area (Å²) >= 11 is 0. The van der Waals surface area contributed by atoms with Crippen LogP contribution in [0.15, 0.2) is 65.3 Å². The van der Waals surface area contributed by atoms with Crippen LogP contribution in [0.5, 0.6) is 0 Å². The molecular formula is C25H29N5O3S. The van der Waals surface area contributed by atoms with Crippen molar-refractivity contribution >= 4 is 15.7 Å². The maximum absolute atomic E-state index is 13.6. The van der Waals surface area contributed by atoms with E-state index in [1.807, 2.05) is 61.5 Å². The first-order chi connectivity index (χ1) is 16.4. The van der Waals surface area contributed by atoms with Crippen molar-refractivity contribution in [3.63, 3.8) is 0 Å². The van der Waals surface area contributed by atoms with Crippen molar-refractivity contribution in [3.05, 3.63) is 83.2 Å². The Bertz CT molecular complexity index is 1240. The molecule has 0 amide bonds. The van der Waals surface area contributed by atoms with E-state index >= 15 is 0 Å². The smallest absolute Gasteiger partial charge is 0.215 e. The summed E-state index contributed by atoms with van der Waals surface area (Å²) in [5, 5.41) is 13.3. The molecule has 1 aliphatic heterocycles.